The van der Waals surface area contributed by atoms with Crippen molar-refractivity contribution in [2.24, 2.45) is 5.73 Å². The van der Waals surface area contributed by atoms with Crippen molar-refractivity contribution in [1.82, 2.24) is 4.98 Å². The molecule has 3 N–H and O–H groups in total. The monoisotopic (exact) mass is 244 g/mol. The molecule has 0 fully saturated rings. The molecule has 0 saturated heterocycles. The number of halogens is 2. The van der Waals surface area contributed by atoms with E-state index in [9.17, 15) is 4.79 Å². The molecule has 0 aliphatic carbocycles. The van der Waals surface area contributed by atoms with E-state index in [0.29, 0.717) is 13.0 Å². The average Bonchev–Trinajstić information content (AvgIpc) is 2.37. The molecular weight excluding hydrogens is 235 g/mol. The fraction of sp³-hybridized carbons (Fsp3) is 0.333. The average molecular weight is 245 g/mol. The molecule has 0 aliphatic heterocycles. The summed E-state index contributed by atoms with van der Waals surface area (Å²) >= 11 is 1.33. The van der Waals surface area contributed by atoms with E-state index in [0.717, 1.165) is 5.01 Å². The minimum absolute atomic E-state index is 0. The van der Waals surface area contributed by atoms with Crippen LogP contribution in [-0.2, 0) is 6.42 Å². The third-order valence-electron chi connectivity index (χ3n) is 1.13. The fourth-order valence-electron chi connectivity index (χ4n) is 0.647. The van der Waals surface area contributed by atoms with Crippen molar-refractivity contribution >= 4 is 42.1 Å². The topological polar surface area (TPSA) is 76.2 Å². The highest BCUT2D eigenvalue weighted by Gasteiger charge is 2.06. The molecule has 1 heterocycles. The lowest BCUT2D eigenvalue weighted by molar-refractivity contribution is 0.0691. The third kappa shape index (κ3) is 4.42. The molecule has 0 saturated carbocycles. The van der Waals surface area contributed by atoms with E-state index in [4.69, 9.17) is 10.8 Å². The van der Waals surface area contributed by atoms with Crippen LogP contribution in [-0.4, -0.2) is 22.6 Å². The largest absolute Gasteiger partial charge is 0.476 e. The standard InChI is InChI=1S/C6H8N2O2S.2ClH/c7-2-1-5-8-4(3-11-5)6(9)10;;/h3H,1-2,7H2,(H,9,10);2*1H. The van der Waals surface area contributed by atoms with Crippen LogP contribution in [0, 0.1) is 0 Å². The maximum absolute atomic E-state index is 10.3. The maximum Gasteiger partial charge on any atom is 0.355 e. The molecule has 0 amide bonds. The van der Waals surface area contributed by atoms with Gasteiger partial charge in [0, 0.05) is 11.8 Å². The van der Waals surface area contributed by atoms with Crippen LogP contribution in [0.1, 0.15) is 15.5 Å². The molecule has 1 rings (SSSR count). The number of nitrogens with zero attached hydrogens (tertiary/aromatic N) is 1. The van der Waals surface area contributed by atoms with E-state index in [1.54, 1.807) is 0 Å². The molecule has 7 heteroatoms. The van der Waals surface area contributed by atoms with Gasteiger partial charge in [-0.3, -0.25) is 0 Å². The highest BCUT2D eigenvalue weighted by molar-refractivity contribution is 7.09. The first kappa shape index (κ1) is 15.1. The molecule has 1 aromatic rings. The summed E-state index contributed by atoms with van der Waals surface area (Å²) in [7, 11) is 0. The van der Waals surface area contributed by atoms with Crippen LogP contribution in [0.25, 0.3) is 0 Å². The Labute approximate surface area is 92.0 Å². The normalized spacial score (nSPS) is 8.38. The summed E-state index contributed by atoms with van der Waals surface area (Å²) in [6.45, 7) is 0.507. The van der Waals surface area contributed by atoms with Crippen molar-refractivity contribution in [1.29, 1.82) is 0 Å². The van der Waals surface area contributed by atoms with Gasteiger partial charge in [-0.1, -0.05) is 0 Å². The number of nitrogens with two attached hydrogens (primary N) is 1. The number of hydrogen-bond acceptors (Lipinski definition) is 4. The van der Waals surface area contributed by atoms with Crippen molar-refractivity contribution in [2.45, 2.75) is 6.42 Å². The molecule has 0 radical (unpaired) electrons. The predicted octanol–water partition coefficient (Wildman–Crippen LogP) is 1.19. The van der Waals surface area contributed by atoms with E-state index >= 15 is 0 Å². The van der Waals surface area contributed by atoms with Crippen LogP contribution in [0.2, 0.25) is 0 Å². The summed E-state index contributed by atoms with van der Waals surface area (Å²) in [5, 5.41) is 10.8. The summed E-state index contributed by atoms with van der Waals surface area (Å²) < 4.78 is 0. The number of rotatable bonds is 3. The molecule has 1 aromatic heterocycles. The minimum atomic E-state index is -0.982. The number of hydrogen-bond donors (Lipinski definition) is 2. The van der Waals surface area contributed by atoms with Crippen LogP contribution in [0.5, 0.6) is 0 Å². The Balaban J connectivity index is 0. The van der Waals surface area contributed by atoms with Gasteiger partial charge in [-0.2, -0.15) is 0 Å². The third-order valence-corrected chi connectivity index (χ3v) is 2.04. The summed E-state index contributed by atoms with van der Waals surface area (Å²) in [6.07, 6.45) is 0.651. The first-order valence-electron chi connectivity index (χ1n) is 3.12. The van der Waals surface area contributed by atoms with Gasteiger partial charge in [-0.15, -0.1) is 36.2 Å². The van der Waals surface area contributed by atoms with Gasteiger partial charge < -0.3 is 10.8 Å². The van der Waals surface area contributed by atoms with Gasteiger partial charge in [0.25, 0.3) is 0 Å². The Bertz CT molecular complexity index is 267. The number of carboxylic acids is 1. The predicted molar refractivity (Wildman–Crippen MR) is 56.3 cm³/mol. The molecule has 0 aliphatic rings. The van der Waals surface area contributed by atoms with Gasteiger partial charge in [-0.25, -0.2) is 9.78 Å². The summed E-state index contributed by atoms with van der Waals surface area (Å²) in [6, 6.07) is 0. The van der Waals surface area contributed by atoms with Crippen molar-refractivity contribution < 1.29 is 9.90 Å². The lowest BCUT2D eigenvalue weighted by atomic mass is 10.4. The van der Waals surface area contributed by atoms with Crippen LogP contribution in [0.15, 0.2) is 5.38 Å². The van der Waals surface area contributed by atoms with E-state index in [1.807, 2.05) is 0 Å². The second kappa shape index (κ2) is 7.08. The van der Waals surface area contributed by atoms with Crippen LogP contribution in [0.3, 0.4) is 0 Å². The molecule has 0 unspecified atom stereocenters. The lowest BCUT2D eigenvalue weighted by Gasteiger charge is -1.86. The Hall–Kier alpha value is -0.360. The summed E-state index contributed by atoms with van der Waals surface area (Å²) in [5.74, 6) is -0.982. The molecule has 4 nitrogen and oxygen atoms in total. The highest BCUT2D eigenvalue weighted by atomic mass is 35.5. The first-order valence-corrected chi connectivity index (χ1v) is 3.99. The van der Waals surface area contributed by atoms with Gasteiger partial charge in [-0.05, 0) is 6.54 Å². The van der Waals surface area contributed by atoms with Crippen molar-refractivity contribution in [2.75, 3.05) is 6.54 Å². The maximum atomic E-state index is 10.3. The van der Waals surface area contributed by atoms with Crippen molar-refractivity contribution in [3.8, 4) is 0 Å². The SMILES string of the molecule is Cl.Cl.NCCc1nc(C(=O)O)cs1. The second-order valence-electron chi connectivity index (χ2n) is 1.97. The Morgan fingerprint density at radius 1 is 1.62 bits per heavy atom. The Morgan fingerprint density at radius 2 is 2.23 bits per heavy atom. The van der Waals surface area contributed by atoms with E-state index in [1.165, 1.54) is 16.7 Å². The quantitative estimate of drug-likeness (QED) is 0.838. The van der Waals surface area contributed by atoms with Crippen LogP contribution < -0.4 is 5.73 Å². The number of carbonyl (C=O) groups is 1. The number of aromatic carboxylic acids is 1. The van der Waals surface area contributed by atoms with Gasteiger partial charge in [0.15, 0.2) is 5.69 Å². The zero-order valence-corrected chi connectivity index (χ0v) is 9.05. The van der Waals surface area contributed by atoms with Gasteiger partial charge >= 0.3 is 5.97 Å². The fourth-order valence-corrected chi connectivity index (χ4v) is 1.44. The number of carboxylic acid groups (broad SMARTS) is 1. The van der Waals surface area contributed by atoms with Crippen LogP contribution >= 0.6 is 36.2 Å². The molecule has 0 aromatic carbocycles. The molecule has 0 spiro atoms. The highest BCUT2D eigenvalue weighted by Crippen LogP contribution is 2.09. The van der Waals surface area contributed by atoms with E-state index in [2.05, 4.69) is 4.98 Å². The zero-order chi connectivity index (χ0) is 8.27. The van der Waals surface area contributed by atoms with Crippen molar-refractivity contribution in [3.63, 3.8) is 0 Å². The molecule has 0 bridgehead atoms. The van der Waals surface area contributed by atoms with Crippen molar-refractivity contribution in [3.05, 3.63) is 16.1 Å². The van der Waals surface area contributed by atoms with E-state index in [-0.39, 0.29) is 30.5 Å². The zero-order valence-electron chi connectivity index (χ0n) is 6.60. The Morgan fingerprint density at radius 3 is 2.62 bits per heavy atom. The Kier molecular flexibility index (Phi) is 8.24. The molecular formula is C6H10Cl2N2O2S. The molecule has 13 heavy (non-hydrogen) atoms. The number of thiazole rings is 1. The van der Waals surface area contributed by atoms with Gasteiger partial charge in [0.05, 0.1) is 5.01 Å². The molecule has 76 valence electrons. The first-order chi connectivity index (χ1) is 5.24. The van der Waals surface area contributed by atoms with Gasteiger partial charge in [0.1, 0.15) is 0 Å². The smallest absolute Gasteiger partial charge is 0.355 e. The summed E-state index contributed by atoms with van der Waals surface area (Å²) in [4.78, 5) is 14.2. The van der Waals surface area contributed by atoms with Crippen LogP contribution in [0.4, 0.5) is 0 Å². The second-order valence-corrected chi connectivity index (χ2v) is 2.91. The number of aromatic nitrogens is 1. The lowest BCUT2D eigenvalue weighted by Crippen LogP contribution is -2.03. The van der Waals surface area contributed by atoms with Gasteiger partial charge in [0.2, 0.25) is 0 Å². The van der Waals surface area contributed by atoms with E-state index < -0.39 is 5.97 Å². The minimum Gasteiger partial charge on any atom is -0.476 e. The molecule has 0 atom stereocenters. The summed E-state index contributed by atoms with van der Waals surface area (Å²) in [5.41, 5.74) is 5.37.